The second-order valence-electron chi connectivity index (χ2n) is 4.97. The van der Waals surface area contributed by atoms with Crippen LogP contribution in [0.3, 0.4) is 0 Å². The highest BCUT2D eigenvalue weighted by molar-refractivity contribution is 5.67. The third-order valence-electron chi connectivity index (χ3n) is 3.05. The fraction of sp³-hybridized carbons (Fsp3) is 0.400. The van der Waals surface area contributed by atoms with E-state index >= 15 is 0 Å². The Morgan fingerprint density at radius 2 is 2.00 bits per heavy atom. The molecule has 1 aromatic heterocycles. The second kappa shape index (κ2) is 7.80. The summed E-state index contributed by atoms with van der Waals surface area (Å²) in [5.74, 6) is -1.55. The number of aromatic nitrogens is 2. The highest BCUT2D eigenvalue weighted by atomic mass is 19.4. The Balaban J connectivity index is 1.91. The summed E-state index contributed by atoms with van der Waals surface area (Å²) in [4.78, 5) is 14.7. The summed E-state index contributed by atoms with van der Waals surface area (Å²) in [5, 5.41) is 5.90. The van der Waals surface area contributed by atoms with E-state index in [1.807, 2.05) is 6.92 Å². The van der Waals surface area contributed by atoms with Gasteiger partial charge < -0.3 is 14.6 Å². The first kappa shape index (κ1) is 17.8. The molecule has 0 spiro atoms. The van der Waals surface area contributed by atoms with Crippen LogP contribution in [0.4, 0.5) is 18.0 Å². The lowest BCUT2D eigenvalue weighted by atomic mass is 10.1. The molecule has 9 heteroatoms. The number of benzene rings is 1. The first-order valence-corrected chi connectivity index (χ1v) is 7.31. The van der Waals surface area contributed by atoms with Crippen molar-refractivity contribution in [3.8, 4) is 11.4 Å². The smallest absolute Gasteiger partial charge is 0.445 e. The number of nitrogens with zero attached hydrogens (tertiary/aromatic N) is 2. The van der Waals surface area contributed by atoms with Gasteiger partial charge in [-0.25, -0.2) is 4.79 Å². The number of hydrogen-bond donors (Lipinski definition) is 1. The van der Waals surface area contributed by atoms with E-state index in [-0.39, 0.29) is 12.4 Å². The number of ether oxygens (including phenoxy) is 1. The molecule has 1 heterocycles. The number of nitrogens with one attached hydrogen (secondary N) is 1. The summed E-state index contributed by atoms with van der Waals surface area (Å²) in [6, 6.07) is 6.27. The van der Waals surface area contributed by atoms with Crippen LogP contribution in [0.15, 0.2) is 28.8 Å². The lowest BCUT2D eigenvalue weighted by Gasteiger charge is -2.06. The van der Waals surface area contributed by atoms with Gasteiger partial charge >= 0.3 is 18.2 Å². The number of alkyl halides is 3. The van der Waals surface area contributed by atoms with E-state index in [2.05, 4.69) is 20.0 Å². The number of alkyl carbamates (subject to hydrolysis) is 1. The number of amides is 1. The number of carbonyl (C=O) groups excluding carboxylic acids is 1. The molecular formula is C15H16F3N3O3. The van der Waals surface area contributed by atoms with Crippen molar-refractivity contribution >= 4 is 6.09 Å². The normalized spacial score (nSPS) is 11.3. The number of unbranched alkanes of at least 4 members (excludes halogenated alkanes) is 1. The molecule has 2 aromatic rings. The van der Waals surface area contributed by atoms with Crippen molar-refractivity contribution in [3.05, 3.63) is 35.7 Å². The van der Waals surface area contributed by atoms with Gasteiger partial charge in [0.1, 0.15) is 6.61 Å². The molecule has 1 N–H and O–H groups in total. The molecule has 0 bridgehead atoms. The Labute approximate surface area is 136 Å². The van der Waals surface area contributed by atoms with Gasteiger partial charge in [0.25, 0.3) is 0 Å². The predicted octanol–water partition coefficient (Wildman–Crippen LogP) is 3.78. The standard InChI is InChI=1S/C15H16F3N3O3/c1-2-3-8-19-14(22)23-9-10-4-6-11(7-5-10)12-20-13(24-21-12)15(16,17)18/h4-7H,2-3,8-9H2,1H3,(H,19,22). The summed E-state index contributed by atoms with van der Waals surface area (Å²) in [7, 11) is 0. The maximum atomic E-state index is 12.4. The van der Waals surface area contributed by atoms with E-state index in [1.54, 1.807) is 12.1 Å². The molecule has 0 aliphatic rings. The van der Waals surface area contributed by atoms with E-state index in [0.29, 0.717) is 17.7 Å². The van der Waals surface area contributed by atoms with Gasteiger partial charge in [0.15, 0.2) is 0 Å². The molecular weight excluding hydrogens is 327 g/mol. The van der Waals surface area contributed by atoms with Gasteiger partial charge in [0, 0.05) is 12.1 Å². The SMILES string of the molecule is CCCCNC(=O)OCc1ccc(-c2noc(C(F)(F)F)n2)cc1. The Morgan fingerprint density at radius 3 is 2.58 bits per heavy atom. The second-order valence-corrected chi connectivity index (χ2v) is 4.97. The minimum atomic E-state index is -4.68. The lowest BCUT2D eigenvalue weighted by molar-refractivity contribution is -0.159. The van der Waals surface area contributed by atoms with E-state index < -0.39 is 18.2 Å². The maximum absolute atomic E-state index is 12.4. The highest BCUT2D eigenvalue weighted by Gasteiger charge is 2.38. The van der Waals surface area contributed by atoms with Crippen LogP contribution in [-0.4, -0.2) is 22.8 Å². The van der Waals surface area contributed by atoms with E-state index in [1.165, 1.54) is 12.1 Å². The molecule has 0 saturated heterocycles. The molecule has 6 nitrogen and oxygen atoms in total. The fourth-order valence-corrected chi connectivity index (χ4v) is 1.77. The topological polar surface area (TPSA) is 77.2 Å². The van der Waals surface area contributed by atoms with Crippen LogP contribution < -0.4 is 5.32 Å². The minimum absolute atomic E-state index is 0.0539. The van der Waals surface area contributed by atoms with Gasteiger partial charge in [0.2, 0.25) is 5.82 Å². The molecule has 0 aliphatic heterocycles. The Morgan fingerprint density at radius 1 is 1.29 bits per heavy atom. The molecule has 1 aromatic carbocycles. The van der Waals surface area contributed by atoms with Crippen molar-refractivity contribution in [2.75, 3.05) is 6.54 Å². The summed E-state index contributed by atoms with van der Waals surface area (Å²) < 4.78 is 46.4. The van der Waals surface area contributed by atoms with E-state index in [0.717, 1.165) is 12.8 Å². The number of carbonyl (C=O) groups is 1. The fourth-order valence-electron chi connectivity index (χ4n) is 1.77. The van der Waals surface area contributed by atoms with Gasteiger partial charge in [-0.1, -0.05) is 42.8 Å². The van der Waals surface area contributed by atoms with Crippen LogP contribution >= 0.6 is 0 Å². The summed E-state index contributed by atoms with van der Waals surface area (Å²) in [6.45, 7) is 2.61. The van der Waals surface area contributed by atoms with Crippen molar-refractivity contribution in [1.29, 1.82) is 0 Å². The molecule has 0 radical (unpaired) electrons. The largest absolute Gasteiger partial charge is 0.471 e. The number of hydrogen-bond acceptors (Lipinski definition) is 5. The monoisotopic (exact) mass is 343 g/mol. The molecule has 2 rings (SSSR count). The van der Waals surface area contributed by atoms with Gasteiger partial charge in [-0.15, -0.1) is 0 Å². The molecule has 24 heavy (non-hydrogen) atoms. The minimum Gasteiger partial charge on any atom is -0.445 e. The van der Waals surface area contributed by atoms with Gasteiger partial charge in [-0.05, 0) is 12.0 Å². The van der Waals surface area contributed by atoms with Crippen LogP contribution in [0.25, 0.3) is 11.4 Å². The van der Waals surface area contributed by atoms with Gasteiger partial charge in [0.05, 0.1) is 0 Å². The van der Waals surface area contributed by atoms with Crippen LogP contribution in [0.5, 0.6) is 0 Å². The molecule has 0 unspecified atom stereocenters. The van der Waals surface area contributed by atoms with Crippen molar-refractivity contribution in [3.63, 3.8) is 0 Å². The summed E-state index contributed by atoms with van der Waals surface area (Å²) in [5.41, 5.74) is 1.05. The van der Waals surface area contributed by atoms with Crippen molar-refractivity contribution in [2.24, 2.45) is 0 Å². The molecule has 0 atom stereocenters. The zero-order valence-electron chi connectivity index (χ0n) is 12.9. The number of halogens is 3. The summed E-state index contributed by atoms with van der Waals surface area (Å²) in [6.07, 6.45) is -3.35. The van der Waals surface area contributed by atoms with Crippen LogP contribution in [0.2, 0.25) is 0 Å². The zero-order valence-corrected chi connectivity index (χ0v) is 12.9. The van der Waals surface area contributed by atoms with Crippen molar-refractivity contribution < 1.29 is 27.2 Å². The first-order chi connectivity index (χ1) is 11.4. The third-order valence-corrected chi connectivity index (χ3v) is 3.05. The molecule has 0 saturated carbocycles. The lowest BCUT2D eigenvalue weighted by Crippen LogP contribution is -2.25. The van der Waals surface area contributed by atoms with Crippen LogP contribution in [-0.2, 0) is 17.5 Å². The van der Waals surface area contributed by atoms with Gasteiger partial charge in [-0.3, -0.25) is 0 Å². The van der Waals surface area contributed by atoms with E-state index in [9.17, 15) is 18.0 Å². The van der Waals surface area contributed by atoms with Crippen molar-refractivity contribution in [1.82, 2.24) is 15.5 Å². The highest BCUT2D eigenvalue weighted by Crippen LogP contribution is 2.29. The molecule has 0 aliphatic carbocycles. The quantitative estimate of drug-likeness (QED) is 0.808. The average Bonchev–Trinajstić information content (AvgIpc) is 3.04. The number of rotatable bonds is 6. The van der Waals surface area contributed by atoms with Crippen LogP contribution in [0.1, 0.15) is 31.2 Å². The van der Waals surface area contributed by atoms with Crippen molar-refractivity contribution in [2.45, 2.75) is 32.5 Å². The van der Waals surface area contributed by atoms with Crippen LogP contribution in [0, 0.1) is 0 Å². The Hall–Kier alpha value is -2.58. The molecule has 130 valence electrons. The zero-order chi connectivity index (χ0) is 17.6. The Kier molecular flexibility index (Phi) is 5.78. The Bertz CT molecular complexity index is 669. The maximum Gasteiger partial charge on any atom is 0.471 e. The average molecular weight is 343 g/mol. The summed E-state index contributed by atoms with van der Waals surface area (Å²) >= 11 is 0. The molecule has 1 amide bonds. The predicted molar refractivity (Wildman–Crippen MR) is 77.8 cm³/mol. The van der Waals surface area contributed by atoms with E-state index in [4.69, 9.17) is 4.74 Å². The van der Waals surface area contributed by atoms with Gasteiger partial charge in [-0.2, -0.15) is 18.2 Å². The first-order valence-electron chi connectivity index (χ1n) is 7.31. The third kappa shape index (κ3) is 4.97. The molecule has 0 fully saturated rings.